The number of aromatic amines is 1. The number of hydrogen-bond donors (Lipinski definition) is 5. The topological polar surface area (TPSA) is 280 Å². The van der Waals surface area contributed by atoms with Crippen LogP contribution < -0.4 is 17.0 Å². The van der Waals surface area contributed by atoms with E-state index in [0.717, 1.165) is 0 Å². The Hall–Kier alpha value is -3.10. The molecular formula is C23H27N10O10P2S+. The molecule has 0 aromatic carbocycles. The number of H-pyrrole nitrogens is 1. The summed E-state index contributed by atoms with van der Waals surface area (Å²) in [7, 11) is -6.26. The molecule has 2 aliphatic carbocycles. The van der Waals surface area contributed by atoms with Crippen LogP contribution in [0.1, 0.15) is 17.8 Å². The van der Waals surface area contributed by atoms with E-state index < -0.39 is 68.1 Å². The van der Waals surface area contributed by atoms with E-state index in [4.69, 9.17) is 34.3 Å². The summed E-state index contributed by atoms with van der Waals surface area (Å²) >= 11 is 1.19. The summed E-state index contributed by atoms with van der Waals surface area (Å²) in [6.07, 6.45) is 0.0742. The van der Waals surface area contributed by atoms with Gasteiger partial charge in [-0.1, -0.05) is 0 Å². The minimum Gasteiger partial charge on any atom is -0.388 e. The molecule has 1 spiro atoms. The lowest BCUT2D eigenvalue weighted by Gasteiger charge is -2.27. The summed E-state index contributed by atoms with van der Waals surface area (Å²) in [4.78, 5) is 46.7. The van der Waals surface area contributed by atoms with Gasteiger partial charge in [0.2, 0.25) is 5.95 Å². The Morgan fingerprint density at radius 2 is 1.98 bits per heavy atom. The van der Waals surface area contributed by atoms with E-state index in [2.05, 4.69) is 29.9 Å². The van der Waals surface area contributed by atoms with Crippen LogP contribution in [0.5, 0.6) is 0 Å². The van der Waals surface area contributed by atoms with Gasteiger partial charge >= 0.3 is 16.1 Å². The third-order valence-corrected chi connectivity index (χ3v) is 12.4. The summed E-state index contributed by atoms with van der Waals surface area (Å²) < 4.78 is 58.6. The Morgan fingerprint density at radius 1 is 1.20 bits per heavy atom. The van der Waals surface area contributed by atoms with Crippen molar-refractivity contribution in [2.75, 3.05) is 31.8 Å². The lowest BCUT2D eigenvalue weighted by Crippen LogP contribution is -2.37. The van der Waals surface area contributed by atoms with Crippen molar-refractivity contribution in [3.05, 3.63) is 29.3 Å². The number of imidazole rings is 2. The molecule has 7 N–H and O–H groups in total. The highest BCUT2D eigenvalue weighted by molar-refractivity contribution is 8.00. The molecule has 2 unspecified atom stereocenters. The van der Waals surface area contributed by atoms with Gasteiger partial charge in [0.05, 0.1) is 30.6 Å². The number of aliphatic hydroxyl groups is 1. The lowest BCUT2D eigenvalue weighted by atomic mass is 10.0. The number of aromatic nitrogens is 8. The number of thioether (sulfide) groups is 1. The molecule has 6 heterocycles. The molecule has 4 aromatic heterocycles. The van der Waals surface area contributed by atoms with Gasteiger partial charge in [-0.05, 0) is 12.3 Å². The molecule has 0 radical (unpaired) electrons. The van der Waals surface area contributed by atoms with Gasteiger partial charge in [-0.3, -0.25) is 23.4 Å². The van der Waals surface area contributed by atoms with Gasteiger partial charge in [-0.2, -0.15) is 4.98 Å². The van der Waals surface area contributed by atoms with E-state index in [-0.39, 0.29) is 42.1 Å². The van der Waals surface area contributed by atoms with Gasteiger partial charge < -0.3 is 30.8 Å². The van der Waals surface area contributed by atoms with Gasteiger partial charge in [-0.25, -0.2) is 24.5 Å². The molecule has 0 amide bonds. The Morgan fingerprint density at radius 3 is 2.78 bits per heavy atom. The van der Waals surface area contributed by atoms with Gasteiger partial charge in [0.1, 0.15) is 42.1 Å². The average molecular weight is 698 g/mol. The smallest absolute Gasteiger partial charge is 0.388 e. The molecule has 2 aliphatic heterocycles. The lowest BCUT2D eigenvalue weighted by molar-refractivity contribution is -0.0272. The van der Waals surface area contributed by atoms with Crippen LogP contribution in [-0.4, -0.2) is 99.0 Å². The van der Waals surface area contributed by atoms with Crippen LogP contribution in [0.3, 0.4) is 0 Å². The van der Waals surface area contributed by atoms with Crippen molar-refractivity contribution in [1.82, 2.24) is 39.0 Å². The Bertz CT molecular complexity index is 1990. The Labute approximate surface area is 262 Å². The molecule has 2 bridgehead atoms. The first-order chi connectivity index (χ1) is 22.0. The molecule has 4 aromatic rings. The molecule has 46 heavy (non-hydrogen) atoms. The monoisotopic (exact) mass is 697 g/mol. The predicted molar refractivity (Wildman–Crippen MR) is 158 cm³/mol. The van der Waals surface area contributed by atoms with Crippen molar-refractivity contribution < 1.29 is 42.0 Å². The number of phosphoric ester groups is 1. The second kappa shape index (κ2) is 10.7. The number of nitrogens with two attached hydrogens (primary N) is 2. The van der Waals surface area contributed by atoms with E-state index in [1.54, 1.807) is 4.57 Å². The molecule has 11 atom stereocenters. The zero-order valence-corrected chi connectivity index (χ0v) is 26.3. The van der Waals surface area contributed by atoms with Crippen LogP contribution in [0, 0.1) is 11.3 Å². The van der Waals surface area contributed by atoms with E-state index in [1.165, 1.54) is 42.4 Å². The Balaban J connectivity index is 1.13. The van der Waals surface area contributed by atoms with Crippen molar-refractivity contribution in [2.45, 2.75) is 47.5 Å². The highest BCUT2D eigenvalue weighted by atomic mass is 32.2. The van der Waals surface area contributed by atoms with Crippen LogP contribution in [0.25, 0.3) is 22.3 Å². The molecule has 20 nitrogen and oxygen atoms in total. The standard InChI is InChI=1S/C23H26N10O10P2S/c1-39-14-9-3-40-44(36)42-16-13(34)12(32-6-28-10-17(24)26-5-27-18(10)32)8-2-23(8,16)4-41-45(37,38)43-15(14)21(46-9)33-7-29-11-19(33)30-22(25)31-20(11)35/h5-9,12-16,21,34H,2-4H2,1H3,(H5-,24,25,26,27,30,31,35,37,38)/p+1/t8-,9-,12-,13+,14-,15-,16+,21-,23+/m1/s1. The molecule has 2 saturated heterocycles. The minimum absolute atomic E-state index is 0.00406. The van der Waals surface area contributed by atoms with Crippen molar-refractivity contribution >= 4 is 61.9 Å². The van der Waals surface area contributed by atoms with Crippen molar-refractivity contribution in [1.29, 1.82) is 0 Å². The number of rotatable bonds is 3. The average Bonchev–Trinajstić information content (AvgIpc) is 3.31. The van der Waals surface area contributed by atoms with Crippen molar-refractivity contribution in [3.8, 4) is 0 Å². The molecule has 2 saturated carbocycles. The van der Waals surface area contributed by atoms with E-state index in [1.807, 2.05) is 0 Å². The minimum atomic E-state index is -4.84. The second-order valence-electron chi connectivity index (χ2n) is 11.5. The second-order valence-corrected chi connectivity index (χ2v) is 15.2. The van der Waals surface area contributed by atoms with Gasteiger partial charge in [-0.15, -0.1) is 20.8 Å². The fourth-order valence-electron chi connectivity index (χ4n) is 6.99. The summed E-state index contributed by atoms with van der Waals surface area (Å²) in [5.74, 6) is -0.346. The molecule has 244 valence electrons. The van der Waals surface area contributed by atoms with Crippen LogP contribution in [-0.2, 0) is 32.0 Å². The van der Waals surface area contributed by atoms with Gasteiger partial charge in [0.15, 0.2) is 28.7 Å². The predicted octanol–water partition coefficient (Wildman–Crippen LogP) is 0.250. The highest BCUT2D eigenvalue weighted by Crippen LogP contribution is 2.71. The summed E-state index contributed by atoms with van der Waals surface area (Å²) in [6.45, 7) is -0.581. The summed E-state index contributed by atoms with van der Waals surface area (Å²) in [5.41, 5.74) is 11.0. The van der Waals surface area contributed by atoms with Crippen LogP contribution in [0.15, 0.2) is 23.8 Å². The van der Waals surface area contributed by atoms with E-state index in [9.17, 15) is 23.9 Å². The fraction of sp³-hybridized carbons (Fsp3) is 0.565. The molecule has 4 fully saturated rings. The van der Waals surface area contributed by atoms with Crippen LogP contribution in [0.2, 0.25) is 0 Å². The zero-order chi connectivity index (χ0) is 32.1. The van der Waals surface area contributed by atoms with E-state index >= 15 is 0 Å². The molecular weight excluding hydrogens is 670 g/mol. The maximum absolute atomic E-state index is 13.6. The number of anilines is 2. The van der Waals surface area contributed by atoms with Crippen molar-refractivity contribution in [2.24, 2.45) is 11.3 Å². The number of nitrogens with one attached hydrogen (secondary N) is 1. The number of ether oxygens (including phenoxy) is 1. The highest BCUT2D eigenvalue weighted by Gasteiger charge is 2.75. The Kier molecular flexibility index (Phi) is 7.04. The first-order valence-corrected chi connectivity index (χ1v) is 17.5. The van der Waals surface area contributed by atoms with Crippen LogP contribution >= 0.6 is 27.8 Å². The fourth-order valence-corrected chi connectivity index (χ4v) is 10.6. The number of fused-ring (bicyclic) bond motifs is 4. The zero-order valence-electron chi connectivity index (χ0n) is 23.7. The third-order valence-electron chi connectivity index (χ3n) is 9.10. The van der Waals surface area contributed by atoms with Gasteiger partial charge in [0.25, 0.3) is 5.56 Å². The normalized spacial score (nSPS) is 38.6. The number of methoxy groups -OCH3 is 1. The molecule has 8 rings (SSSR count). The third kappa shape index (κ3) is 4.61. The number of nitrogens with zero attached hydrogens (tertiary/aromatic N) is 7. The summed E-state index contributed by atoms with van der Waals surface area (Å²) in [6, 6.07) is -0.671. The molecule has 4 aliphatic rings. The maximum atomic E-state index is 13.6. The van der Waals surface area contributed by atoms with Crippen molar-refractivity contribution in [3.63, 3.8) is 0 Å². The number of aliphatic hydroxyl groups excluding tert-OH is 1. The van der Waals surface area contributed by atoms with Crippen LogP contribution in [0.4, 0.5) is 11.8 Å². The first-order valence-electron chi connectivity index (χ1n) is 14.0. The summed E-state index contributed by atoms with van der Waals surface area (Å²) in [5, 5.41) is 10.1. The SMILES string of the molecule is CO[C@H]1[C@H]2OP(=O)(O)OC[C@@]34C[C@@H]3[C@@H](n3cnc5c(N)ncnc53)[C@H](O)[C@@H]4O[P+](=O)OC[C@H]1S[C@H]2n1cnc2c(=O)[nH]c(N)nc21. The maximum Gasteiger partial charge on any atom is 0.697 e. The number of phosphoric acid groups is 1. The van der Waals surface area contributed by atoms with Gasteiger partial charge in [0, 0.05) is 17.1 Å². The largest absolute Gasteiger partial charge is 0.697 e. The quantitative estimate of drug-likeness (QED) is 0.179. The molecule has 23 heteroatoms. The van der Waals surface area contributed by atoms with E-state index in [0.29, 0.717) is 17.6 Å². The number of nitrogen functional groups attached to an aromatic ring is 2. The number of hydrogen-bond acceptors (Lipinski definition) is 17. The first kappa shape index (κ1) is 30.2.